The van der Waals surface area contributed by atoms with Crippen molar-refractivity contribution in [2.24, 2.45) is 0 Å². The molecule has 4 heavy (non-hydrogen) atoms. The quantitative estimate of drug-likeness (QED) is 0.363. The summed E-state index contributed by atoms with van der Waals surface area (Å²) in [6.45, 7) is 0. The standard InChI is InChI=1S/Al.P.Si.Zr. The molecule has 0 saturated carbocycles. The molecule has 0 amide bonds. The molecule has 0 nitrogen and oxygen atoms in total. The predicted molar refractivity (Wildman–Crippen MR) is 18.4 cm³/mol. The van der Waals surface area contributed by atoms with E-state index in [0.29, 0.717) is 0 Å². The Morgan fingerprint density at radius 3 is 1.00 bits per heavy atom. The van der Waals surface area contributed by atoms with Crippen LogP contribution in [0, 0.1) is 0 Å². The van der Waals surface area contributed by atoms with E-state index in [0.717, 1.165) is 0 Å². The van der Waals surface area contributed by atoms with Crippen molar-refractivity contribution in [3.63, 3.8) is 0 Å². The molecule has 0 spiro atoms. The fraction of sp³-hybridized carbons (Fsp3) is 0. The van der Waals surface area contributed by atoms with Gasteiger partial charge in [-0.1, -0.05) is 0 Å². The average Bonchev–Trinajstić information content (AvgIpc) is 0. The zero-order chi connectivity index (χ0) is 0. The van der Waals surface area contributed by atoms with Gasteiger partial charge in [-0.25, -0.2) is 0 Å². The molecule has 0 saturated heterocycles. The van der Waals surface area contributed by atoms with E-state index >= 15 is 0 Å². The van der Waals surface area contributed by atoms with Gasteiger partial charge in [-0.2, -0.15) is 0 Å². The summed E-state index contributed by atoms with van der Waals surface area (Å²) in [4.78, 5) is 0. The Labute approximate surface area is 64.0 Å². The minimum absolute atomic E-state index is 0. The van der Waals surface area contributed by atoms with E-state index < -0.39 is 0 Å². The minimum atomic E-state index is 0. The number of rotatable bonds is 0. The molecule has 0 fully saturated rings. The molecule has 0 N–H and O–H groups in total. The molecule has 0 rings (SSSR count). The van der Waals surface area contributed by atoms with Gasteiger partial charge in [0, 0.05) is 64.4 Å². The maximum absolute atomic E-state index is 0. The van der Waals surface area contributed by atoms with Crippen molar-refractivity contribution in [3.05, 3.63) is 0 Å². The van der Waals surface area contributed by atoms with Crippen LogP contribution in [0.5, 0.6) is 0 Å². The molecule has 0 aromatic rings. The maximum Gasteiger partial charge on any atom is 0 e. The fourth-order valence-electron chi connectivity index (χ4n) is 0. The molecule has 0 aliphatic carbocycles. The van der Waals surface area contributed by atoms with Gasteiger partial charge in [0.1, 0.15) is 0 Å². The molecule has 0 bridgehead atoms. The molecule has 0 aromatic carbocycles. The van der Waals surface area contributed by atoms with Crippen molar-refractivity contribution in [3.8, 4) is 0 Å². The first-order valence-corrected chi connectivity index (χ1v) is 0. The van der Waals surface area contributed by atoms with Gasteiger partial charge in [-0.3, -0.25) is 0 Å². The van der Waals surface area contributed by atoms with Crippen LogP contribution in [0.15, 0.2) is 0 Å². The van der Waals surface area contributed by atoms with Crippen LogP contribution in [-0.4, -0.2) is 28.3 Å². The Balaban J connectivity index is 0. The van der Waals surface area contributed by atoms with Crippen molar-refractivity contribution in [2.75, 3.05) is 0 Å². The topological polar surface area (TPSA) is 0 Å². The second-order valence-corrected chi connectivity index (χ2v) is 0. The van der Waals surface area contributed by atoms with Crippen LogP contribution in [0.2, 0.25) is 0 Å². The Hall–Kier alpha value is 2.06. The molecule has 0 aliphatic heterocycles. The van der Waals surface area contributed by atoms with E-state index in [1.165, 1.54) is 0 Å². The second kappa shape index (κ2) is 19.6. The summed E-state index contributed by atoms with van der Waals surface area (Å²) in [6.07, 6.45) is 0. The van der Waals surface area contributed by atoms with Crippen LogP contribution in [-0.2, 0) is 26.2 Å². The first-order valence-electron chi connectivity index (χ1n) is 0. The normalized spacial score (nSPS) is 0. The maximum atomic E-state index is 0. The van der Waals surface area contributed by atoms with Gasteiger partial charge in [0.05, 0.1) is 0 Å². The van der Waals surface area contributed by atoms with Crippen LogP contribution >= 0.6 is 9.90 Å². The molecule has 10 radical (unpaired) electrons. The third-order valence-corrected chi connectivity index (χ3v) is 0. The van der Waals surface area contributed by atoms with Crippen LogP contribution in [0.1, 0.15) is 0 Å². The van der Waals surface area contributed by atoms with E-state index in [1.807, 2.05) is 0 Å². The molecule has 0 heterocycles. The smallest absolute Gasteiger partial charge is 0 e. The summed E-state index contributed by atoms with van der Waals surface area (Å²) in [5.41, 5.74) is 0. The van der Waals surface area contributed by atoms with E-state index in [9.17, 15) is 0 Å². The fourth-order valence-corrected chi connectivity index (χ4v) is 0. The van der Waals surface area contributed by atoms with Crippen LogP contribution in [0.4, 0.5) is 0 Å². The summed E-state index contributed by atoms with van der Waals surface area (Å²) in [5.74, 6) is 0. The SMILES string of the molecule is [Al].[P].[Si].[Zr]. The van der Waals surface area contributed by atoms with E-state index in [2.05, 4.69) is 0 Å². The molecular weight excluding hydrogens is 177 g/mol. The Kier molecular flexibility index (Phi) is 179. The zero-order valence-corrected chi connectivity index (χ0v) is 7.53. The van der Waals surface area contributed by atoms with Gasteiger partial charge < -0.3 is 0 Å². The summed E-state index contributed by atoms with van der Waals surface area (Å²) in [5, 5.41) is 0. The summed E-state index contributed by atoms with van der Waals surface area (Å²) < 4.78 is 0. The van der Waals surface area contributed by atoms with E-state index in [4.69, 9.17) is 0 Å². The minimum Gasteiger partial charge on any atom is 0 e. The second-order valence-electron chi connectivity index (χ2n) is 0. The van der Waals surface area contributed by atoms with Crippen molar-refractivity contribution >= 4 is 38.2 Å². The van der Waals surface area contributed by atoms with Crippen LogP contribution < -0.4 is 0 Å². The third kappa shape index (κ3) is 8.96. The molecule has 0 aliphatic rings. The first-order chi connectivity index (χ1) is 0. The first kappa shape index (κ1) is 36.5. The monoisotopic (exact) mass is 176 g/mol. The van der Waals surface area contributed by atoms with Gasteiger partial charge >= 0.3 is 0 Å². The van der Waals surface area contributed by atoms with Gasteiger partial charge in [-0.15, -0.1) is 0 Å². The molecule has 0 atom stereocenters. The third-order valence-electron chi connectivity index (χ3n) is 0. The van der Waals surface area contributed by atoms with E-state index in [1.54, 1.807) is 0 Å². The Morgan fingerprint density at radius 2 is 1.00 bits per heavy atom. The van der Waals surface area contributed by atoms with Gasteiger partial charge in [0.15, 0.2) is 0 Å². The Bertz CT molecular complexity index is 8.00. The molecule has 0 aromatic heterocycles. The van der Waals surface area contributed by atoms with Crippen molar-refractivity contribution in [1.82, 2.24) is 0 Å². The van der Waals surface area contributed by atoms with Crippen molar-refractivity contribution in [1.29, 1.82) is 0 Å². The molecule has 4 heteroatoms. The molecular formula is AlPSiZr. The van der Waals surface area contributed by atoms with Gasteiger partial charge in [-0.05, 0) is 0 Å². The predicted octanol–water partition coefficient (Wildman–Crippen LogP) is 0.0971. The van der Waals surface area contributed by atoms with Crippen LogP contribution in [0.25, 0.3) is 0 Å². The number of hydrogen-bond acceptors (Lipinski definition) is 0. The van der Waals surface area contributed by atoms with Gasteiger partial charge in [0.25, 0.3) is 0 Å². The van der Waals surface area contributed by atoms with Crippen molar-refractivity contribution in [2.45, 2.75) is 0 Å². The summed E-state index contributed by atoms with van der Waals surface area (Å²) in [7, 11) is 0. The molecule has 0 unspecified atom stereocenters. The summed E-state index contributed by atoms with van der Waals surface area (Å²) >= 11 is 0. The van der Waals surface area contributed by atoms with Crippen molar-refractivity contribution < 1.29 is 26.2 Å². The van der Waals surface area contributed by atoms with E-state index in [-0.39, 0.29) is 64.4 Å². The summed E-state index contributed by atoms with van der Waals surface area (Å²) in [6, 6.07) is 0. The number of hydrogen-bond donors (Lipinski definition) is 0. The average molecular weight is 177 g/mol. The Morgan fingerprint density at radius 1 is 1.00 bits per heavy atom. The largest absolute Gasteiger partial charge is 0 e. The van der Waals surface area contributed by atoms with Crippen LogP contribution in [0.3, 0.4) is 0 Å². The zero-order valence-electron chi connectivity index (χ0n) is 2.02. The van der Waals surface area contributed by atoms with Gasteiger partial charge in [0.2, 0.25) is 0 Å². The molecule has 16 valence electrons.